The summed E-state index contributed by atoms with van der Waals surface area (Å²) in [6, 6.07) is 0. The molecule has 0 aromatic heterocycles. The van der Waals surface area contributed by atoms with E-state index in [0.717, 1.165) is 0 Å². The normalized spacial score (nSPS) is 16.2. The molecule has 0 aliphatic heterocycles. The van der Waals surface area contributed by atoms with Gasteiger partial charge in [-0.3, -0.25) is 0 Å². The Kier molecular flexibility index (Phi) is 4.87. The van der Waals surface area contributed by atoms with Gasteiger partial charge in [-0.2, -0.15) is 0 Å². The molecule has 0 saturated heterocycles. The van der Waals surface area contributed by atoms with Crippen molar-refractivity contribution in [1.82, 2.24) is 0 Å². The first-order valence-corrected chi connectivity index (χ1v) is 6.36. The molecule has 1 rings (SSSR count). The third kappa shape index (κ3) is 2.84. The van der Waals surface area contributed by atoms with E-state index < -0.39 is 0 Å². The summed E-state index contributed by atoms with van der Waals surface area (Å²) in [4.78, 5) is 0. The van der Waals surface area contributed by atoms with Gasteiger partial charge in [-0.05, 0) is 41.6 Å². The molecule has 0 atom stereocenters. The summed E-state index contributed by atoms with van der Waals surface area (Å²) >= 11 is 0. The smallest absolute Gasteiger partial charge is 0.0262 e. The van der Waals surface area contributed by atoms with Gasteiger partial charge in [0.05, 0.1) is 0 Å². The van der Waals surface area contributed by atoms with Crippen LogP contribution in [0.5, 0.6) is 0 Å². The van der Waals surface area contributed by atoms with Gasteiger partial charge in [0.2, 0.25) is 0 Å². The fourth-order valence-corrected chi connectivity index (χ4v) is 2.32. The molecule has 0 amide bonds. The Labute approximate surface area is 94.8 Å². The lowest BCUT2D eigenvalue weighted by Crippen LogP contribution is -1.89. The van der Waals surface area contributed by atoms with Crippen molar-refractivity contribution in [3.05, 3.63) is 34.9 Å². The maximum absolute atomic E-state index is 4.26. The largest absolute Gasteiger partial charge is 0.0912 e. The van der Waals surface area contributed by atoms with Crippen molar-refractivity contribution >= 4 is 0 Å². The lowest BCUT2D eigenvalue weighted by molar-refractivity contribution is 0.868. The third-order valence-electron chi connectivity index (χ3n) is 3.03. The minimum absolute atomic E-state index is 1.19. The molecule has 0 aromatic carbocycles. The fourth-order valence-electron chi connectivity index (χ4n) is 2.32. The molecular formula is C15H24. The van der Waals surface area contributed by atoms with Crippen molar-refractivity contribution < 1.29 is 0 Å². The van der Waals surface area contributed by atoms with Crippen LogP contribution in [0.4, 0.5) is 0 Å². The summed E-state index contributed by atoms with van der Waals surface area (Å²) in [5, 5.41) is 0. The summed E-state index contributed by atoms with van der Waals surface area (Å²) in [5.74, 6) is 0. The van der Waals surface area contributed by atoms with Crippen LogP contribution >= 0.6 is 0 Å². The number of allylic oxidation sites excluding steroid dienone is 5. The van der Waals surface area contributed by atoms with Crippen LogP contribution in [-0.4, -0.2) is 0 Å². The van der Waals surface area contributed by atoms with Crippen LogP contribution in [0.25, 0.3) is 0 Å². The van der Waals surface area contributed by atoms with Gasteiger partial charge in [0.25, 0.3) is 0 Å². The average molecular weight is 204 g/mol. The van der Waals surface area contributed by atoms with Gasteiger partial charge in [0, 0.05) is 0 Å². The SMILES string of the molecule is C=C1C(CCC)=CC(CCC)=C1CCC. The number of hydrogen-bond donors (Lipinski definition) is 0. The fraction of sp³-hybridized carbons (Fsp3) is 0.600. The molecule has 0 spiro atoms. The lowest BCUT2D eigenvalue weighted by atomic mass is 9.97. The Morgan fingerprint density at radius 1 is 0.933 bits per heavy atom. The topological polar surface area (TPSA) is 0 Å². The van der Waals surface area contributed by atoms with Gasteiger partial charge in [-0.15, -0.1) is 0 Å². The van der Waals surface area contributed by atoms with Gasteiger partial charge >= 0.3 is 0 Å². The lowest BCUT2D eigenvalue weighted by Gasteiger charge is -2.08. The summed E-state index contributed by atoms with van der Waals surface area (Å²) in [6.45, 7) is 11.0. The highest BCUT2D eigenvalue weighted by molar-refractivity contribution is 5.57. The van der Waals surface area contributed by atoms with E-state index in [1.54, 1.807) is 11.1 Å². The van der Waals surface area contributed by atoms with Crippen molar-refractivity contribution in [2.24, 2.45) is 0 Å². The molecule has 1 aliphatic carbocycles. The zero-order valence-electron chi connectivity index (χ0n) is 10.5. The Bertz CT molecular complexity index is 289. The Morgan fingerprint density at radius 2 is 1.53 bits per heavy atom. The highest BCUT2D eigenvalue weighted by atomic mass is 14.2. The minimum atomic E-state index is 1.19. The van der Waals surface area contributed by atoms with E-state index in [-0.39, 0.29) is 0 Å². The summed E-state index contributed by atoms with van der Waals surface area (Å²) < 4.78 is 0. The molecule has 0 saturated carbocycles. The number of rotatable bonds is 6. The molecule has 1 aliphatic rings. The van der Waals surface area contributed by atoms with E-state index in [0.29, 0.717) is 0 Å². The van der Waals surface area contributed by atoms with Crippen LogP contribution in [0.15, 0.2) is 34.9 Å². The van der Waals surface area contributed by atoms with E-state index >= 15 is 0 Å². The maximum atomic E-state index is 4.26. The maximum Gasteiger partial charge on any atom is -0.0262 e. The molecular weight excluding hydrogens is 180 g/mol. The van der Waals surface area contributed by atoms with Crippen LogP contribution in [0.2, 0.25) is 0 Å². The second-order valence-corrected chi connectivity index (χ2v) is 4.40. The second-order valence-electron chi connectivity index (χ2n) is 4.40. The molecule has 0 unspecified atom stereocenters. The standard InChI is InChI=1S/C15H24/c1-5-8-13-11-14(9-6-2)15(10-7-3)12(13)4/h11H,4-10H2,1-3H3. The van der Waals surface area contributed by atoms with Gasteiger partial charge in [0.1, 0.15) is 0 Å². The van der Waals surface area contributed by atoms with Crippen molar-refractivity contribution in [2.45, 2.75) is 59.3 Å². The van der Waals surface area contributed by atoms with Crippen LogP contribution in [0.1, 0.15) is 59.3 Å². The Hall–Kier alpha value is -0.780. The van der Waals surface area contributed by atoms with Crippen LogP contribution in [-0.2, 0) is 0 Å². The predicted molar refractivity (Wildman–Crippen MR) is 69.0 cm³/mol. The second kappa shape index (κ2) is 5.95. The van der Waals surface area contributed by atoms with Gasteiger partial charge in [0.15, 0.2) is 0 Å². The molecule has 0 fully saturated rings. The molecule has 0 radical (unpaired) electrons. The summed E-state index contributed by atoms with van der Waals surface area (Å²) in [7, 11) is 0. The van der Waals surface area contributed by atoms with Gasteiger partial charge in [-0.1, -0.05) is 52.7 Å². The van der Waals surface area contributed by atoms with Crippen molar-refractivity contribution in [3.8, 4) is 0 Å². The van der Waals surface area contributed by atoms with E-state index in [9.17, 15) is 0 Å². The molecule has 0 nitrogen and oxygen atoms in total. The summed E-state index contributed by atoms with van der Waals surface area (Å²) in [5.41, 5.74) is 5.93. The monoisotopic (exact) mass is 204 g/mol. The van der Waals surface area contributed by atoms with E-state index in [4.69, 9.17) is 0 Å². The van der Waals surface area contributed by atoms with E-state index in [2.05, 4.69) is 33.4 Å². The third-order valence-corrected chi connectivity index (χ3v) is 3.03. The van der Waals surface area contributed by atoms with Crippen LogP contribution < -0.4 is 0 Å². The minimum Gasteiger partial charge on any atom is -0.0912 e. The molecule has 84 valence electrons. The zero-order chi connectivity index (χ0) is 11.3. The van der Waals surface area contributed by atoms with Crippen molar-refractivity contribution in [1.29, 1.82) is 0 Å². The van der Waals surface area contributed by atoms with E-state index in [1.165, 1.54) is 49.7 Å². The first kappa shape index (κ1) is 12.3. The zero-order valence-corrected chi connectivity index (χ0v) is 10.5. The molecule has 0 heteroatoms. The first-order valence-electron chi connectivity index (χ1n) is 6.36. The van der Waals surface area contributed by atoms with E-state index in [1.807, 2.05) is 0 Å². The number of hydrogen-bond acceptors (Lipinski definition) is 0. The highest BCUT2D eigenvalue weighted by Crippen LogP contribution is 2.36. The van der Waals surface area contributed by atoms with Crippen molar-refractivity contribution in [2.75, 3.05) is 0 Å². The van der Waals surface area contributed by atoms with Crippen molar-refractivity contribution in [3.63, 3.8) is 0 Å². The average Bonchev–Trinajstić information content (AvgIpc) is 2.49. The van der Waals surface area contributed by atoms with Crippen LogP contribution in [0, 0.1) is 0 Å². The predicted octanol–water partition coefficient (Wildman–Crippen LogP) is 5.18. The van der Waals surface area contributed by atoms with Crippen LogP contribution in [0.3, 0.4) is 0 Å². The summed E-state index contributed by atoms with van der Waals surface area (Å²) in [6.07, 6.45) is 9.73. The molecule has 0 aromatic rings. The molecule has 15 heavy (non-hydrogen) atoms. The highest BCUT2D eigenvalue weighted by Gasteiger charge is 2.17. The van der Waals surface area contributed by atoms with Gasteiger partial charge < -0.3 is 0 Å². The Balaban J connectivity index is 2.82. The quantitative estimate of drug-likeness (QED) is 0.559. The molecule has 0 N–H and O–H groups in total. The first-order chi connectivity index (χ1) is 7.24. The molecule has 0 heterocycles. The molecule has 0 bridgehead atoms. The van der Waals surface area contributed by atoms with Gasteiger partial charge in [-0.25, -0.2) is 0 Å². The Morgan fingerprint density at radius 3 is 2.07 bits per heavy atom.